The van der Waals surface area contributed by atoms with E-state index >= 15 is 0 Å². The number of carbonyl (C=O) groups is 1. The van der Waals surface area contributed by atoms with Crippen LogP contribution in [-0.2, 0) is 17.4 Å². The summed E-state index contributed by atoms with van der Waals surface area (Å²) < 4.78 is 52.1. The average Bonchev–Trinajstić information content (AvgIpc) is 3.21. The molecule has 32 heavy (non-hydrogen) atoms. The van der Waals surface area contributed by atoms with Crippen LogP contribution >= 0.6 is 0 Å². The molecule has 1 aromatic heterocycles. The zero-order valence-corrected chi connectivity index (χ0v) is 17.1. The first-order chi connectivity index (χ1) is 15.1. The highest BCUT2D eigenvalue weighted by Crippen LogP contribution is 2.39. The predicted octanol–water partition coefficient (Wildman–Crippen LogP) is 5.10. The molecule has 3 rings (SSSR count). The number of carboxylic acids is 1. The maximum absolute atomic E-state index is 13.8. The molecule has 0 bridgehead atoms. The predicted molar refractivity (Wildman–Crippen MR) is 107 cm³/mol. The van der Waals surface area contributed by atoms with Crippen molar-refractivity contribution in [3.8, 4) is 34.7 Å². The van der Waals surface area contributed by atoms with Crippen LogP contribution in [0.5, 0.6) is 5.75 Å². The second-order valence-corrected chi connectivity index (χ2v) is 7.14. The topological polar surface area (TPSA) is 109 Å². The van der Waals surface area contributed by atoms with Gasteiger partial charge < -0.3 is 14.4 Å². The highest BCUT2D eigenvalue weighted by atomic mass is 19.4. The van der Waals surface area contributed by atoms with Gasteiger partial charge in [-0.05, 0) is 44.0 Å². The number of aromatic nitrogens is 2. The molecular formula is C22H18F3N3O4. The van der Waals surface area contributed by atoms with E-state index in [1.807, 2.05) is 19.9 Å². The number of benzene rings is 2. The van der Waals surface area contributed by atoms with E-state index in [9.17, 15) is 23.2 Å². The Hall–Kier alpha value is -3.87. The standard InChI is InChI=1S/C22H18F3N3O4/c1-12(2)31-17-8-6-14(10-15(17)11-26)21-27-20(28-32-21)16-5-3-4-13(7-9-18(29)30)19(16)22(23,24)25/h3-6,8,10,12H,7,9H2,1-2H3,(H,29,30). The van der Waals surface area contributed by atoms with Crippen molar-refractivity contribution in [2.24, 2.45) is 0 Å². The molecule has 0 radical (unpaired) electrons. The first-order valence-corrected chi connectivity index (χ1v) is 9.56. The quantitative estimate of drug-likeness (QED) is 0.539. The average molecular weight is 445 g/mol. The van der Waals surface area contributed by atoms with Gasteiger partial charge in [-0.1, -0.05) is 23.4 Å². The van der Waals surface area contributed by atoms with E-state index < -0.39 is 24.1 Å². The van der Waals surface area contributed by atoms with Crippen LogP contribution in [0, 0.1) is 11.3 Å². The van der Waals surface area contributed by atoms with Gasteiger partial charge in [0, 0.05) is 17.5 Å². The Labute approximate surface area is 181 Å². The SMILES string of the molecule is CC(C)Oc1ccc(-c2nc(-c3cccc(CCC(=O)O)c3C(F)(F)F)no2)cc1C#N. The van der Waals surface area contributed by atoms with Crippen LogP contribution in [0.25, 0.3) is 22.8 Å². The maximum atomic E-state index is 13.8. The van der Waals surface area contributed by atoms with Gasteiger partial charge in [0.15, 0.2) is 0 Å². The zero-order valence-electron chi connectivity index (χ0n) is 17.1. The van der Waals surface area contributed by atoms with Crippen molar-refractivity contribution in [2.45, 2.75) is 39.0 Å². The van der Waals surface area contributed by atoms with E-state index in [1.165, 1.54) is 24.3 Å². The van der Waals surface area contributed by atoms with Crippen molar-refractivity contribution in [1.29, 1.82) is 5.26 Å². The van der Waals surface area contributed by atoms with Crippen LogP contribution in [0.2, 0.25) is 0 Å². The van der Waals surface area contributed by atoms with Gasteiger partial charge in [-0.25, -0.2) is 0 Å². The molecule has 0 aliphatic heterocycles. The Kier molecular flexibility index (Phi) is 6.48. The third-order valence-electron chi connectivity index (χ3n) is 4.42. The number of ether oxygens (including phenoxy) is 1. The molecule has 0 amide bonds. The summed E-state index contributed by atoms with van der Waals surface area (Å²) >= 11 is 0. The summed E-state index contributed by atoms with van der Waals surface area (Å²) in [5.74, 6) is -1.22. The fraction of sp³-hybridized carbons (Fsp3) is 0.273. The number of nitrogens with zero attached hydrogens (tertiary/aromatic N) is 3. The second-order valence-electron chi connectivity index (χ2n) is 7.14. The minimum Gasteiger partial charge on any atom is -0.490 e. The number of carboxylic acid groups (broad SMARTS) is 1. The van der Waals surface area contributed by atoms with Crippen LogP contribution < -0.4 is 4.74 Å². The molecule has 0 aliphatic carbocycles. The number of rotatable bonds is 7. The minimum atomic E-state index is -4.75. The van der Waals surface area contributed by atoms with Gasteiger partial charge in [-0.15, -0.1) is 0 Å². The molecule has 0 saturated carbocycles. The van der Waals surface area contributed by atoms with E-state index in [-0.39, 0.29) is 40.9 Å². The molecule has 10 heteroatoms. The van der Waals surface area contributed by atoms with Gasteiger partial charge in [-0.3, -0.25) is 4.79 Å². The molecule has 0 fully saturated rings. The number of hydrogen-bond donors (Lipinski definition) is 1. The molecule has 166 valence electrons. The van der Waals surface area contributed by atoms with Crippen molar-refractivity contribution in [2.75, 3.05) is 0 Å². The fourth-order valence-electron chi connectivity index (χ4n) is 3.13. The number of hydrogen-bond acceptors (Lipinski definition) is 6. The lowest BCUT2D eigenvalue weighted by molar-refractivity contribution is -0.139. The Morgan fingerprint density at radius 1 is 1.28 bits per heavy atom. The van der Waals surface area contributed by atoms with Crippen LogP contribution in [0.3, 0.4) is 0 Å². The fourth-order valence-corrected chi connectivity index (χ4v) is 3.13. The molecule has 0 unspecified atom stereocenters. The highest BCUT2D eigenvalue weighted by molar-refractivity contribution is 5.69. The van der Waals surface area contributed by atoms with Crippen LogP contribution in [0.4, 0.5) is 13.2 Å². The van der Waals surface area contributed by atoms with Crippen LogP contribution in [0.15, 0.2) is 40.9 Å². The molecule has 3 aromatic rings. The van der Waals surface area contributed by atoms with E-state index in [1.54, 1.807) is 12.1 Å². The zero-order chi connectivity index (χ0) is 23.5. The second kappa shape index (κ2) is 9.09. The van der Waals surface area contributed by atoms with Gasteiger partial charge in [0.1, 0.15) is 11.8 Å². The summed E-state index contributed by atoms with van der Waals surface area (Å²) in [6.45, 7) is 3.62. The van der Waals surface area contributed by atoms with Gasteiger partial charge >= 0.3 is 12.1 Å². The molecule has 1 N–H and O–H groups in total. The van der Waals surface area contributed by atoms with Gasteiger partial charge in [0.2, 0.25) is 5.82 Å². The van der Waals surface area contributed by atoms with E-state index in [0.717, 1.165) is 0 Å². The molecule has 1 heterocycles. The highest BCUT2D eigenvalue weighted by Gasteiger charge is 2.37. The van der Waals surface area contributed by atoms with Crippen LogP contribution in [0.1, 0.15) is 37.0 Å². The summed E-state index contributed by atoms with van der Waals surface area (Å²) in [5, 5.41) is 21.9. The summed E-state index contributed by atoms with van der Waals surface area (Å²) in [6, 6.07) is 10.4. The third-order valence-corrected chi connectivity index (χ3v) is 4.42. The Morgan fingerprint density at radius 3 is 2.66 bits per heavy atom. The number of nitriles is 1. The van der Waals surface area contributed by atoms with E-state index in [2.05, 4.69) is 10.1 Å². The number of aliphatic carboxylic acids is 1. The smallest absolute Gasteiger partial charge is 0.417 e. The monoisotopic (exact) mass is 445 g/mol. The lowest BCUT2D eigenvalue weighted by atomic mass is 9.96. The van der Waals surface area contributed by atoms with E-state index in [4.69, 9.17) is 14.4 Å². The molecule has 0 aliphatic rings. The van der Waals surface area contributed by atoms with Crippen molar-refractivity contribution in [1.82, 2.24) is 10.1 Å². The number of aryl methyl sites for hydroxylation is 1. The van der Waals surface area contributed by atoms with Crippen molar-refractivity contribution >= 4 is 5.97 Å². The normalized spacial score (nSPS) is 11.4. The number of alkyl halides is 3. The molecule has 7 nitrogen and oxygen atoms in total. The van der Waals surface area contributed by atoms with Gasteiger partial charge in [0.25, 0.3) is 5.89 Å². The Balaban J connectivity index is 2.03. The summed E-state index contributed by atoms with van der Waals surface area (Å²) in [5.41, 5.74) is -0.956. The largest absolute Gasteiger partial charge is 0.490 e. The minimum absolute atomic E-state index is 0.0725. The van der Waals surface area contributed by atoms with Crippen molar-refractivity contribution in [3.05, 3.63) is 53.1 Å². The van der Waals surface area contributed by atoms with Gasteiger partial charge in [0.05, 0.1) is 17.2 Å². The summed E-state index contributed by atoms with van der Waals surface area (Å²) in [7, 11) is 0. The summed E-state index contributed by atoms with van der Waals surface area (Å²) in [4.78, 5) is 14.9. The van der Waals surface area contributed by atoms with Crippen LogP contribution in [-0.4, -0.2) is 27.3 Å². The Morgan fingerprint density at radius 2 is 2.03 bits per heavy atom. The molecule has 0 saturated heterocycles. The maximum Gasteiger partial charge on any atom is 0.417 e. The first-order valence-electron chi connectivity index (χ1n) is 9.56. The molecule has 0 atom stereocenters. The lowest BCUT2D eigenvalue weighted by Gasteiger charge is -2.15. The lowest BCUT2D eigenvalue weighted by Crippen LogP contribution is -2.13. The van der Waals surface area contributed by atoms with Gasteiger partial charge in [-0.2, -0.15) is 23.4 Å². The Bertz CT molecular complexity index is 1180. The first kappa shape index (κ1) is 22.8. The molecular weight excluding hydrogens is 427 g/mol. The van der Waals surface area contributed by atoms with Crippen molar-refractivity contribution < 1.29 is 32.3 Å². The van der Waals surface area contributed by atoms with E-state index in [0.29, 0.717) is 11.3 Å². The van der Waals surface area contributed by atoms with Crippen molar-refractivity contribution in [3.63, 3.8) is 0 Å². The molecule has 0 spiro atoms. The number of halogens is 3. The third kappa shape index (κ3) is 5.06. The summed E-state index contributed by atoms with van der Waals surface area (Å²) in [6.07, 6.45) is -5.66. The molecule has 2 aromatic carbocycles.